The molecule has 2 aliphatic rings. The standard InChI is InChI=1S/C63H38N2O2S/c1-3-16-39(17-4-1)64(41-32-35-58-51(36-41)46-21-8-12-27-56(46)66-58)42-31-34-49-54(37-42)63(60-50-23-9-13-28-57(50)67-61(49)60)52-25-11-7-20-44(52)45-33-30-43(38-53(45)63)65(40-18-5-2-6-19-40)55-26-15-24-48-47-22-10-14-29-59(47)68-62(48)55/h1-38H. The average Bonchev–Trinajstić information content (AvgIpc) is 4.20. The van der Waals surface area contributed by atoms with E-state index < -0.39 is 5.41 Å². The van der Waals surface area contributed by atoms with Crippen LogP contribution < -0.4 is 9.80 Å². The van der Waals surface area contributed by atoms with Crippen molar-refractivity contribution in [2.75, 3.05) is 9.80 Å². The number of benzene rings is 10. The van der Waals surface area contributed by atoms with Crippen LogP contribution in [0.25, 0.3) is 75.5 Å². The molecular weight excluding hydrogens is 849 g/mol. The first-order valence-corrected chi connectivity index (χ1v) is 24.0. The van der Waals surface area contributed by atoms with Crippen molar-refractivity contribution in [2.45, 2.75) is 5.41 Å². The molecule has 0 fully saturated rings. The highest BCUT2D eigenvalue weighted by atomic mass is 32.1. The normalized spacial score (nSPS) is 14.5. The van der Waals surface area contributed by atoms with Gasteiger partial charge in [0.2, 0.25) is 0 Å². The largest absolute Gasteiger partial charge is 0.456 e. The van der Waals surface area contributed by atoms with E-state index in [1.165, 1.54) is 53.6 Å². The van der Waals surface area contributed by atoms with Gasteiger partial charge in [-0.2, -0.15) is 0 Å². The van der Waals surface area contributed by atoms with E-state index in [0.29, 0.717) is 0 Å². The zero-order chi connectivity index (χ0) is 44.5. The Kier molecular flexibility index (Phi) is 7.83. The van der Waals surface area contributed by atoms with Gasteiger partial charge in [0.05, 0.1) is 15.8 Å². The Balaban J connectivity index is 1.01. The Bertz CT molecular complexity index is 4180. The van der Waals surface area contributed by atoms with Gasteiger partial charge in [0.25, 0.3) is 0 Å². The van der Waals surface area contributed by atoms with Crippen molar-refractivity contribution in [3.05, 3.63) is 253 Å². The van der Waals surface area contributed by atoms with Crippen LogP contribution in [0.15, 0.2) is 239 Å². The number of hydrogen-bond acceptors (Lipinski definition) is 5. The maximum Gasteiger partial charge on any atom is 0.140 e. The molecule has 1 atom stereocenters. The van der Waals surface area contributed by atoms with E-state index >= 15 is 0 Å². The van der Waals surface area contributed by atoms with Crippen LogP contribution in [0.1, 0.15) is 22.3 Å². The fraction of sp³-hybridized carbons (Fsp3) is 0.0159. The van der Waals surface area contributed by atoms with Crippen LogP contribution >= 0.6 is 11.3 Å². The highest BCUT2D eigenvalue weighted by molar-refractivity contribution is 7.26. The maximum atomic E-state index is 7.06. The molecule has 0 radical (unpaired) electrons. The molecule has 0 amide bonds. The Morgan fingerprint density at radius 2 is 0.897 bits per heavy atom. The number of thiophene rings is 1. The molecule has 15 rings (SSSR count). The average molecular weight is 887 g/mol. The third kappa shape index (κ3) is 5.14. The Hall–Kier alpha value is -8.64. The molecule has 0 saturated heterocycles. The third-order valence-corrected chi connectivity index (χ3v) is 15.6. The minimum atomic E-state index is -0.714. The van der Waals surface area contributed by atoms with Gasteiger partial charge in [-0.15, -0.1) is 11.3 Å². The van der Waals surface area contributed by atoms with Crippen LogP contribution in [-0.4, -0.2) is 0 Å². The molecule has 1 spiro atoms. The molecule has 2 aliphatic carbocycles. The molecular formula is C63H38N2O2S. The first kappa shape index (κ1) is 37.6. The summed E-state index contributed by atoms with van der Waals surface area (Å²) in [6, 6.07) is 83.7. The summed E-state index contributed by atoms with van der Waals surface area (Å²) in [6.45, 7) is 0. The molecule has 0 bridgehead atoms. The van der Waals surface area contributed by atoms with E-state index in [1.54, 1.807) is 0 Å². The molecule has 0 N–H and O–H groups in total. The minimum absolute atomic E-state index is 0.714. The summed E-state index contributed by atoms with van der Waals surface area (Å²) in [6.07, 6.45) is 0. The quantitative estimate of drug-likeness (QED) is 0.167. The first-order valence-electron chi connectivity index (χ1n) is 23.2. The van der Waals surface area contributed by atoms with Crippen molar-refractivity contribution in [3.8, 4) is 22.5 Å². The fourth-order valence-corrected chi connectivity index (χ4v) is 12.9. The number of hydrogen-bond donors (Lipinski definition) is 0. The zero-order valence-corrected chi connectivity index (χ0v) is 37.4. The van der Waals surface area contributed by atoms with Crippen LogP contribution in [0.2, 0.25) is 0 Å². The molecule has 3 heterocycles. The summed E-state index contributed by atoms with van der Waals surface area (Å²) < 4.78 is 15.9. The van der Waals surface area contributed by atoms with E-state index in [9.17, 15) is 0 Å². The Morgan fingerprint density at radius 1 is 0.338 bits per heavy atom. The van der Waals surface area contributed by atoms with Crippen LogP contribution in [0.4, 0.5) is 34.1 Å². The lowest BCUT2D eigenvalue weighted by Gasteiger charge is -2.33. The van der Waals surface area contributed by atoms with Crippen molar-refractivity contribution in [3.63, 3.8) is 0 Å². The number of anilines is 6. The van der Waals surface area contributed by atoms with Gasteiger partial charge in [-0.05, 0) is 125 Å². The maximum absolute atomic E-state index is 7.06. The van der Waals surface area contributed by atoms with Gasteiger partial charge in [-0.25, -0.2) is 0 Å². The topological polar surface area (TPSA) is 32.8 Å². The van der Waals surface area contributed by atoms with Crippen molar-refractivity contribution in [2.24, 2.45) is 0 Å². The Morgan fingerprint density at radius 3 is 1.71 bits per heavy atom. The molecule has 0 aliphatic heterocycles. The summed E-state index contributed by atoms with van der Waals surface area (Å²) in [7, 11) is 0. The summed E-state index contributed by atoms with van der Waals surface area (Å²) in [5.41, 5.74) is 16.9. The predicted molar refractivity (Wildman–Crippen MR) is 282 cm³/mol. The molecule has 5 heteroatoms. The van der Waals surface area contributed by atoms with Crippen LogP contribution in [0, 0.1) is 0 Å². The number of fused-ring (bicyclic) bond motifs is 18. The predicted octanol–water partition coefficient (Wildman–Crippen LogP) is 18.0. The van der Waals surface area contributed by atoms with Crippen LogP contribution in [0.5, 0.6) is 0 Å². The number of rotatable bonds is 6. The van der Waals surface area contributed by atoms with Gasteiger partial charge >= 0.3 is 0 Å². The highest BCUT2D eigenvalue weighted by Gasteiger charge is 2.55. The van der Waals surface area contributed by atoms with Gasteiger partial charge in [-0.3, -0.25) is 0 Å². The second-order valence-corrected chi connectivity index (χ2v) is 19.0. The van der Waals surface area contributed by atoms with E-state index in [2.05, 4.69) is 228 Å². The molecule has 13 aromatic rings. The molecule has 3 aromatic heterocycles. The van der Waals surface area contributed by atoms with Gasteiger partial charge in [0.1, 0.15) is 22.5 Å². The van der Waals surface area contributed by atoms with E-state index in [0.717, 1.165) is 78.4 Å². The lowest BCUT2D eigenvalue weighted by molar-refractivity contribution is 0.628. The monoisotopic (exact) mass is 886 g/mol. The van der Waals surface area contributed by atoms with Crippen molar-refractivity contribution in [1.29, 1.82) is 0 Å². The van der Waals surface area contributed by atoms with Gasteiger partial charge in [-0.1, -0.05) is 133 Å². The molecule has 4 nitrogen and oxygen atoms in total. The number of nitrogens with zero attached hydrogens (tertiary/aromatic N) is 2. The summed E-state index contributed by atoms with van der Waals surface area (Å²) in [5, 5.41) is 5.86. The van der Waals surface area contributed by atoms with E-state index in [-0.39, 0.29) is 0 Å². The van der Waals surface area contributed by atoms with Crippen molar-refractivity contribution in [1.82, 2.24) is 0 Å². The van der Waals surface area contributed by atoms with E-state index in [4.69, 9.17) is 8.83 Å². The lowest BCUT2D eigenvalue weighted by Crippen LogP contribution is -2.26. The molecule has 1 unspecified atom stereocenters. The molecule has 68 heavy (non-hydrogen) atoms. The summed E-state index contributed by atoms with van der Waals surface area (Å²) in [5.74, 6) is 0.924. The van der Waals surface area contributed by atoms with Crippen molar-refractivity contribution < 1.29 is 8.83 Å². The Labute approximate surface area is 395 Å². The fourth-order valence-electron chi connectivity index (χ4n) is 11.7. The van der Waals surface area contributed by atoms with Gasteiger partial charge in [0.15, 0.2) is 0 Å². The molecule has 318 valence electrons. The second kappa shape index (κ2) is 14.2. The number of furan rings is 2. The smallest absolute Gasteiger partial charge is 0.140 e. The van der Waals surface area contributed by atoms with Gasteiger partial charge < -0.3 is 18.6 Å². The molecule has 0 saturated carbocycles. The number of para-hydroxylation sites is 4. The van der Waals surface area contributed by atoms with Crippen LogP contribution in [0.3, 0.4) is 0 Å². The second-order valence-electron chi connectivity index (χ2n) is 17.9. The van der Waals surface area contributed by atoms with Crippen LogP contribution in [-0.2, 0) is 5.41 Å². The third-order valence-electron chi connectivity index (χ3n) is 14.4. The van der Waals surface area contributed by atoms with Gasteiger partial charge in [0, 0.05) is 71.2 Å². The summed E-state index contributed by atoms with van der Waals surface area (Å²) >= 11 is 1.86. The highest BCUT2D eigenvalue weighted by Crippen LogP contribution is 2.66. The van der Waals surface area contributed by atoms with Crippen molar-refractivity contribution >= 4 is 98.5 Å². The zero-order valence-electron chi connectivity index (χ0n) is 36.6. The minimum Gasteiger partial charge on any atom is -0.456 e. The SMILES string of the molecule is c1ccc(N(c2ccc3c(c2)C2(c4ccccc4-c4ccc(N(c5ccccc5)c5cccc6c5sc5ccccc56)cc42)c2c-3oc3ccccc23)c2ccc3oc4ccccc4c3c2)cc1. The lowest BCUT2D eigenvalue weighted by atomic mass is 9.70. The van der Waals surface area contributed by atoms with E-state index in [1.807, 2.05) is 23.5 Å². The summed E-state index contributed by atoms with van der Waals surface area (Å²) in [4.78, 5) is 4.84. The molecule has 10 aromatic carbocycles. The first-order chi connectivity index (χ1) is 33.7.